The molecule has 14 heteroatoms. The smallest absolute Gasteiger partial charge is 0.257 e. The molecular formula is C28H20N6O6S2. The van der Waals surface area contributed by atoms with Crippen LogP contribution in [0.3, 0.4) is 0 Å². The van der Waals surface area contributed by atoms with E-state index in [-0.39, 0.29) is 49.3 Å². The molecule has 0 aliphatic carbocycles. The van der Waals surface area contributed by atoms with Gasteiger partial charge in [0.25, 0.3) is 11.8 Å². The Labute approximate surface area is 246 Å². The number of nitrogens with one attached hydrogen (secondary N) is 2. The second-order valence-corrected chi connectivity index (χ2v) is 11.0. The van der Waals surface area contributed by atoms with Crippen LogP contribution >= 0.6 is 22.7 Å². The first-order chi connectivity index (χ1) is 20.3. The maximum Gasteiger partial charge on any atom is 0.257 e. The normalized spacial score (nSPS) is 15.0. The number of imide groups is 2. The van der Waals surface area contributed by atoms with Crippen molar-refractivity contribution in [2.75, 3.05) is 20.4 Å². The molecule has 2 saturated heterocycles. The molecule has 12 nitrogen and oxygen atoms in total. The topological polar surface area (TPSA) is 159 Å². The summed E-state index contributed by atoms with van der Waals surface area (Å²) in [4.78, 5) is 84.2. The molecule has 210 valence electrons. The van der Waals surface area contributed by atoms with Gasteiger partial charge >= 0.3 is 0 Å². The van der Waals surface area contributed by atoms with Crippen LogP contribution in [-0.2, 0) is 19.2 Å². The Kier molecular flexibility index (Phi) is 7.14. The molecule has 0 radical (unpaired) electrons. The van der Waals surface area contributed by atoms with E-state index in [0.29, 0.717) is 44.2 Å². The minimum atomic E-state index is -0.405. The largest absolute Gasteiger partial charge is 0.298 e. The molecule has 2 aromatic heterocycles. The first-order valence-corrected chi connectivity index (χ1v) is 14.5. The zero-order chi connectivity index (χ0) is 29.4. The minimum absolute atomic E-state index is 0.182. The van der Waals surface area contributed by atoms with Crippen LogP contribution in [0.2, 0.25) is 0 Å². The summed E-state index contributed by atoms with van der Waals surface area (Å²) in [5.41, 5.74) is 2.54. The van der Waals surface area contributed by atoms with Gasteiger partial charge in [0, 0.05) is 47.6 Å². The van der Waals surface area contributed by atoms with Crippen molar-refractivity contribution in [1.82, 2.24) is 9.97 Å². The molecule has 0 saturated carbocycles. The zero-order valence-corrected chi connectivity index (χ0v) is 23.3. The molecule has 6 amide bonds. The SMILES string of the molecule is O=C(Nc1nc(-c2csc(NC(=O)c3ccc(N4C(=O)CCC4=O)cc3)n2)cs1)c1ccc(N2C(=O)CCC2=O)cc1. The summed E-state index contributed by atoms with van der Waals surface area (Å²) < 4.78 is 0. The van der Waals surface area contributed by atoms with Crippen molar-refractivity contribution in [2.24, 2.45) is 0 Å². The van der Waals surface area contributed by atoms with Crippen LogP contribution < -0.4 is 20.4 Å². The van der Waals surface area contributed by atoms with Gasteiger partial charge < -0.3 is 0 Å². The predicted octanol–water partition coefficient (Wildman–Crippen LogP) is 4.08. The highest BCUT2D eigenvalue weighted by atomic mass is 32.1. The fraction of sp³-hybridized carbons (Fsp3) is 0.143. The van der Waals surface area contributed by atoms with Gasteiger partial charge in [0.05, 0.1) is 11.4 Å². The number of thiazole rings is 2. The number of rotatable bonds is 7. The van der Waals surface area contributed by atoms with E-state index in [2.05, 4.69) is 20.6 Å². The molecule has 2 aliphatic rings. The molecule has 2 aliphatic heterocycles. The lowest BCUT2D eigenvalue weighted by Gasteiger charge is -2.14. The second-order valence-electron chi connectivity index (χ2n) is 9.32. The summed E-state index contributed by atoms with van der Waals surface area (Å²) in [5.74, 6) is -1.86. The van der Waals surface area contributed by atoms with Crippen LogP contribution in [0.5, 0.6) is 0 Å². The van der Waals surface area contributed by atoms with Crippen molar-refractivity contribution < 1.29 is 28.8 Å². The average Bonchev–Trinajstić information content (AvgIpc) is 3.78. The van der Waals surface area contributed by atoms with Crippen LogP contribution in [-0.4, -0.2) is 45.4 Å². The van der Waals surface area contributed by atoms with E-state index in [0.717, 1.165) is 9.80 Å². The second kappa shape index (κ2) is 11.1. The summed E-state index contributed by atoms with van der Waals surface area (Å²) in [6.45, 7) is 0. The highest BCUT2D eigenvalue weighted by molar-refractivity contribution is 7.15. The van der Waals surface area contributed by atoms with Crippen LogP contribution in [0.25, 0.3) is 11.4 Å². The standard InChI is InChI=1S/C28H20N6O6S2/c35-21-9-10-22(36)33(21)17-5-1-15(2-6-17)25(39)31-27-29-19(13-41-27)20-14-42-28(30-20)32-26(40)16-3-7-18(8-4-16)34-23(37)11-12-24(34)38/h1-8,13-14H,9-12H2,(H,29,31,39)(H,30,32,40). The molecule has 4 aromatic rings. The summed E-state index contributed by atoms with van der Waals surface area (Å²) in [7, 11) is 0. The quantitative estimate of drug-likeness (QED) is 0.300. The van der Waals surface area contributed by atoms with E-state index < -0.39 is 11.8 Å². The average molecular weight is 601 g/mol. The summed E-state index contributed by atoms with van der Waals surface area (Å²) in [6, 6.07) is 12.4. The van der Waals surface area contributed by atoms with Crippen molar-refractivity contribution in [2.45, 2.75) is 25.7 Å². The van der Waals surface area contributed by atoms with Crippen molar-refractivity contribution in [3.8, 4) is 11.4 Å². The van der Waals surface area contributed by atoms with E-state index >= 15 is 0 Å². The summed E-state index contributed by atoms with van der Waals surface area (Å²) in [6.07, 6.45) is 0.727. The molecule has 0 spiro atoms. The van der Waals surface area contributed by atoms with Gasteiger partial charge in [-0.25, -0.2) is 9.97 Å². The number of carbonyl (C=O) groups excluding carboxylic acids is 6. The first-order valence-electron chi connectivity index (χ1n) is 12.7. The minimum Gasteiger partial charge on any atom is -0.298 e. The Bertz CT molecular complexity index is 1600. The van der Waals surface area contributed by atoms with Gasteiger partial charge in [-0.2, -0.15) is 0 Å². The number of hydrogen-bond donors (Lipinski definition) is 2. The number of aromatic nitrogens is 2. The summed E-state index contributed by atoms with van der Waals surface area (Å²) in [5, 5.41) is 9.60. The third-order valence-electron chi connectivity index (χ3n) is 6.59. The maximum absolute atomic E-state index is 12.7. The summed E-state index contributed by atoms with van der Waals surface area (Å²) >= 11 is 2.42. The first kappa shape index (κ1) is 27.1. The zero-order valence-electron chi connectivity index (χ0n) is 21.7. The Hall–Kier alpha value is -5.08. The van der Waals surface area contributed by atoms with Gasteiger partial charge in [-0.1, -0.05) is 0 Å². The Balaban J connectivity index is 1.06. The molecule has 0 atom stereocenters. The van der Waals surface area contributed by atoms with Gasteiger partial charge in [-0.05, 0) is 48.5 Å². The lowest BCUT2D eigenvalue weighted by Crippen LogP contribution is -2.28. The van der Waals surface area contributed by atoms with Crippen LogP contribution in [0.1, 0.15) is 46.4 Å². The van der Waals surface area contributed by atoms with Crippen LogP contribution in [0.15, 0.2) is 59.3 Å². The van der Waals surface area contributed by atoms with Crippen molar-refractivity contribution in [3.05, 3.63) is 70.4 Å². The molecular weight excluding hydrogens is 580 g/mol. The van der Waals surface area contributed by atoms with Gasteiger partial charge in [0.2, 0.25) is 23.6 Å². The molecule has 0 bridgehead atoms. The van der Waals surface area contributed by atoms with Crippen molar-refractivity contribution in [3.63, 3.8) is 0 Å². The number of anilines is 4. The molecule has 2 N–H and O–H groups in total. The Morgan fingerprint density at radius 3 is 1.24 bits per heavy atom. The van der Waals surface area contributed by atoms with Gasteiger partial charge in [0.1, 0.15) is 11.4 Å². The van der Waals surface area contributed by atoms with E-state index in [1.165, 1.54) is 46.9 Å². The number of carbonyl (C=O) groups is 6. The van der Waals surface area contributed by atoms with Crippen molar-refractivity contribution in [1.29, 1.82) is 0 Å². The third kappa shape index (κ3) is 5.32. The van der Waals surface area contributed by atoms with Crippen LogP contribution in [0.4, 0.5) is 21.6 Å². The van der Waals surface area contributed by atoms with E-state index in [4.69, 9.17) is 0 Å². The lowest BCUT2D eigenvalue weighted by molar-refractivity contribution is -0.122. The molecule has 2 fully saturated rings. The van der Waals surface area contributed by atoms with Gasteiger partial charge in [-0.3, -0.25) is 49.2 Å². The van der Waals surface area contributed by atoms with Crippen molar-refractivity contribution >= 4 is 79.8 Å². The number of hydrogen-bond acceptors (Lipinski definition) is 10. The molecule has 6 rings (SSSR count). The Morgan fingerprint density at radius 2 is 0.905 bits per heavy atom. The predicted molar refractivity (Wildman–Crippen MR) is 155 cm³/mol. The highest BCUT2D eigenvalue weighted by Gasteiger charge is 2.31. The molecule has 42 heavy (non-hydrogen) atoms. The monoisotopic (exact) mass is 600 g/mol. The van der Waals surface area contributed by atoms with E-state index in [1.54, 1.807) is 35.0 Å². The Morgan fingerprint density at radius 1 is 0.571 bits per heavy atom. The van der Waals surface area contributed by atoms with Crippen LogP contribution in [0, 0.1) is 0 Å². The molecule has 2 aromatic carbocycles. The highest BCUT2D eigenvalue weighted by Crippen LogP contribution is 2.29. The maximum atomic E-state index is 12.7. The third-order valence-corrected chi connectivity index (χ3v) is 8.11. The molecule has 0 unspecified atom stereocenters. The number of amides is 6. The van der Waals surface area contributed by atoms with E-state index in [9.17, 15) is 28.8 Å². The lowest BCUT2D eigenvalue weighted by atomic mass is 10.2. The number of benzene rings is 2. The van der Waals surface area contributed by atoms with Gasteiger partial charge in [0.15, 0.2) is 10.3 Å². The van der Waals surface area contributed by atoms with E-state index in [1.807, 2.05) is 0 Å². The number of nitrogens with zero attached hydrogens (tertiary/aromatic N) is 4. The van der Waals surface area contributed by atoms with Gasteiger partial charge in [-0.15, -0.1) is 22.7 Å². The fourth-order valence-corrected chi connectivity index (χ4v) is 5.89. The fourth-order valence-electron chi connectivity index (χ4n) is 4.49. The molecule has 4 heterocycles.